The third-order valence-electron chi connectivity index (χ3n) is 8.38. The van der Waals surface area contributed by atoms with E-state index >= 15 is 4.39 Å². The first kappa shape index (κ1) is 25.4. The second-order valence-corrected chi connectivity index (χ2v) is 11.7. The van der Waals surface area contributed by atoms with Crippen molar-refractivity contribution < 1.29 is 18.7 Å². The summed E-state index contributed by atoms with van der Waals surface area (Å²) < 4.78 is 26.4. The molecular formula is C31H31FN4O3S. The Balaban J connectivity index is 1.04. The van der Waals surface area contributed by atoms with Crippen LogP contribution < -0.4 is 14.5 Å². The van der Waals surface area contributed by atoms with Crippen molar-refractivity contribution in [2.45, 2.75) is 6.54 Å². The zero-order valence-corrected chi connectivity index (χ0v) is 22.9. The molecule has 7 nitrogen and oxygen atoms in total. The van der Waals surface area contributed by atoms with Crippen molar-refractivity contribution in [2.24, 2.45) is 17.8 Å². The number of anilines is 2. The number of pyridine rings is 1. The first-order valence-electron chi connectivity index (χ1n) is 13.8. The molecule has 40 heavy (non-hydrogen) atoms. The first-order chi connectivity index (χ1) is 19.6. The van der Waals surface area contributed by atoms with Gasteiger partial charge in [-0.3, -0.25) is 14.8 Å². The summed E-state index contributed by atoms with van der Waals surface area (Å²) in [4.78, 5) is 24.2. The molecule has 1 amide bonds. The van der Waals surface area contributed by atoms with E-state index in [-0.39, 0.29) is 5.82 Å². The van der Waals surface area contributed by atoms with Crippen LogP contribution in [0.3, 0.4) is 0 Å². The number of amides is 1. The average molecular weight is 559 g/mol. The van der Waals surface area contributed by atoms with Crippen LogP contribution in [0.4, 0.5) is 20.6 Å². The molecule has 2 aliphatic heterocycles. The fraction of sp³-hybridized carbons (Fsp3) is 0.355. The molecule has 3 fully saturated rings. The van der Waals surface area contributed by atoms with Crippen LogP contribution in [0.5, 0.6) is 5.06 Å². The summed E-state index contributed by atoms with van der Waals surface area (Å²) >= 11 is 1.37. The van der Waals surface area contributed by atoms with E-state index in [4.69, 9.17) is 14.5 Å². The van der Waals surface area contributed by atoms with Gasteiger partial charge in [0, 0.05) is 44.7 Å². The lowest BCUT2D eigenvalue weighted by atomic mass is 10.2. The Morgan fingerprint density at radius 3 is 2.65 bits per heavy atom. The highest BCUT2D eigenvalue weighted by Gasteiger charge is 2.56. The SMILES string of the molecule is O=C(Oc1cccs1)N(CC1C2CN(Cc3ccc4ccccc4n3)CC21)c1ccc(N2CCOCC2)c(F)c1. The molecule has 2 aromatic carbocycles. The number of rotatable bonds is 7. The maximum Gasteiger partial charge on any atom is 0.420 e. The Morgan fingerprint density at radius 1 is 1.05 bits per heavy atom. The number of benzene rings is 2. The van der Waals surface area contributed by atoms with E-state index in [1.165, 1.54) is 17.4 Å². The van der Waals surface area contributed by atoms with Crippen molar-refractivity contribution in [3.8, 4) is 5.06 Å². The lowest BCUT2D eigenvalue weighted by Crippen LogP contribution is -2.38. The van der Waals surface area contributed by atoms with Gasteiger partial charge in [0.05, 0.1) is 35.8 Å². The molecule has 0 bridgehead atoms. The van der Waals surface area contributed by atoms with Crippen LogP contribution in [0.15, 0.2) is 72.1 Å². The lowest BCUT2D eigenvalue weighted by molar-refractivity contribution is 0.122. The summed E-state index contributed by atoms with van der Waals surface area (Å²) in [7, 11) is 0. The van der Waals surface area contributed by atoms with Crippen LogP contribution in [0, 0.1) is 23.6 Å². The number of hydrogen-bond acceptors (Lipinski definition) is 7. The monoisotopic (exact) mass is 558 g/mol. The molecule has 4 heterocycles. The summed E-state index contributed by atoms with van der Waals surface area (Å²) in [5.41, 5.74) is 3.17. The average Bonchev–Trinajstić information content (AvgIpc) is 3.31. The van der Waals surface area contributed by atoms with Gasteiger partial charge in [0.15, 0.2) is 5.06 Å². The van der Waals surface area contributed by atoms with Gasteiger partial charge in [-0.2, -0.15) is 0 Å². The molecule has 7 rings (SSSR count). The van der Waals surface area contributed by atoms with Gasteiger partial charge in [0.2, 0.25) is 0 Å². The largest absolute Gasteiger partial charge is 0.420 e. The normalized spacial score (nSPS) is 22.3. The molecule has 0 N–H and O–H groups in total. The number of morpholine rings is 1. The van der Waals surface area contributed by atoms with Gasteiger partial charge in [0.1, 0.15) is 5.82 Å². The number of para-hydroxylation sites is 1. The number of thiophene rings is 1. The third kappa shape index (κ3) is 5.16. The van der Waals surface area contributed by atoms with Crippen molar-refractivity contribution >= 4 is 39.7 Å². The van der Waals surface area contributed by atoms with E-state index in [1.807, 2.05) is 34.5 Å². The molecule has 3 aliphatic rings. The molecule has 1 aliphatic carbocycles. The maximum absolute atomic E-state index is 15.3. The molecular weight excluding hydrogens is 527 g/mol. The van der Waals surface area contributed by atoms with Crippen LogP contribution in [0.25, 0.3) is 10.9 Å². The molecule has 0 spiro atoms. The van der Waals surface area contributed by atoms with E-state index in [2.05, 4.69) is 29.2 Å². The Bertz CT molecular complexity index is 1500. The smallest absolute Gasteiger partial charge is 0.399 e. The van der Waals surface area contributed by atoms with Gasteiger partial charge in [-0.15, -0.1) is 11.3 Å². The fourth-order valence-electron chi connectivity index (χ4n) is 6.25. The predicted molar refractivity (Wildman–Crippen MR) is 155 cm³/mol. The van der Waals surface area contributed by atoms with Crippen LogP contribution in [-0.4, -0.2) is 61.9 Å². The van der Waals surface area contributed by atoms with E-state index in [0.717, 1.165) is 36.2 Å². The fourth-order valence-corrected chi connectivity index (χ4v) is 6.81. The Morgan fingerprint density at radius 2 is 1.88 bits per heavy atom. The lowest BCUT2D eigenvalue weighted by Gasteiger charge is -2.30. The highest BCUT2D eigenvalue weighted by Crippen LogP contribution is 2.52. The summed E-state index contributed by atoms with van der Waals surface area (Å²) in [6.45, 7) is 5.75. The molecule has 2 aromatic heterocycles. The van der Waals surface area contributed by atoms with Gasteiger partial charge in [-0.05, 0) is 65.6 Å². The topological polar surface area (TPSA) is 58.1 Å². The van der Waals surface area contributed by atoms with Crippen LogP contribution in [-0.2, 0) is 11.3 Å². The number of carbonyl (C=O) groups excluding carboxylic acids is 1. The van der Waals surface area contributed by atoms with Crippen molar-refractivity contribution in [1.82, 2.24) is 9.88 Å². The molecule has 2 unspecified atom stereocenters. The molecule has 2 saturated heterocycles. The Labute approximate surface area is 236 Å². The van der Waals surface area contributed by atoms with Gasteiger partial charge in [-0.25, -0.2) is 9.18 Å². The summed E-state index contributed by atoms with van der Waals surface area (Å²) in [6, 6.07) is 21.1. The summed E-state index contributed by atoms with van der Waals surface area (Å²) in [6.07, 6.45) is -0.469. The van der Waals surface area contributed by atoms with E-state index in [9.17, 15) is 4.79 Å². The van der Waals surface area contributed by atoms with Gasteiger partial charge in [-0.1, -0.05) is 24.3 Å². The molecule has 0 radical (unpaired) electrons. The van der Waals surface area contributed by atoms with E-state index < -0.39 is 6.09 Å². The Hall–Kier alpha value is -3.53. The number of ether oxygens (including phenoxy) is 2. The number of aromatic nitrogens is 1. The second-order valence-electron chi connectivity index (χ2n) is 10.8. The number of likely N-dealkylation sites (tertiary alicyclic amines) is 1. The minimum atomic E-state index is -0.469. The summed E-state index contributed by atoms with van der Waals surface area (Å²) in [5.74, 6) is 1.04. The molecule has 2 atom stereocenters. The van der Waals surface area contributed by atoms with Crippen LogP contribution in [0.2, 0.25) is 0 Å². The zero-order chi connectivity index (χ0) is 27.1. The first-order valence-corrected chi connectivity index (χ1v) is 14.7. The van der Waals surface area contributed by atoms with Crippen molar-refractivity contribution in [2.75, 3.05) is 55.7 Å². The molecule has 206 valence electrons. The van der Waals surface area contributed by atoms with Crippen molar-refractivity contribution in [3.05, 3.63) is 83.6 Å². The standard InChI is InChI=1S/C31H31FN4O3S/c32-27-16-23(9-10-29(27)35-11-13-38-14-12-35)36(31(37)39-30-6-3-15-40-30)20-26-24-18-34(19-25(24)26)17-22-8-7-21-4-1-2-5-28(21)33-22/h1-10,15-16,24-26H,11-14,17-20H2. The quantitative estimate of drug-likeness (QED) is 0.292. The van der Waals surface area contributed by atoms with Crippen molar-refractivity contribution in [3.63, 3.8) is 0 Å². The number of halogens is 1. The van der Waals surface area contributed by atoms with E-state index in [1.54, 1.807) is 17.0 Å². The van der Waals surface area contributed by atoms with Crippen LogP contribution >= 0.6 is 11.3 Å². The van der Waals surface area contributed by atoms with Crippen molar-refractivity contribution in [1.29, 1.82) is 0 Å². The molecule has 1 saturated carbocycles. The van der Waals surface area contributed by atoms with Gasteiger partial charge < -0.3 is 14.4 Å². The second kappa shape index (κ2) is 10.8. The number of hydrogen-bond donors (Lipinski definition) is 0. The predicted octanol–water partition coefficient (Wildman–Crippen LogP) is 5.66. The maximum atomic E-state index is 15.3. The third-order valence-corrected chi connectivity index (χ3v) is 9.13. The number of piperidine rings is 1. The molecule has 9 heteroatoms. The van der Waals surface area contributed by atoms with Crippen LogP contribution in [0.1, 0.15) is 5.69 Å². The number of nitrogens with zero attached hydrogens (tertiary/aromatic N) is 4. The highest BCUT2D eigenvalue weighted by atomic mass is 32.1. The number of carbonyl (C=O) groups is 1. The molecule has 4 aromatic rings. The minimum Gasteiger partial charge on any atom is -0.399 e. The highest BCUT2D eigenvalue weighted by molar-refractivity contribution is 7.11. The zero-order valence-electron chi connectivity index (χ0n) is 22.1. The van der Waals surface area contributed by atoms with E-state index in [0.29, 0.717) is 67.0 Å². The summed E-state index contributed by atoms with van der Waals surface area (Å²) in [5, 5.41) is 3.55. The Kier molecular flexibility index (Phi) is 6.87. The number of fused-ring (bicyclic) bond motifs is 2. The minimum absolute atomic E-state index is 0.335. The van der Waals surface area contributed by atoms with Gasteiger partial charge >= 0.3 is 6.09 Å². The van der Waals surface area contributed by atoms with Gasteiger partial charge in [0.25, 0.3) is 0 Å².